The third-order valence-electron chi connectivity index (χ3n) is 2.72. The number of rotatable bonds is 0. The minimum absolute atomic E-state index is 0. The summed E-state index contributed by atoms with van der Waals surface area (Å²) in [6, 6.07) is 32.5. The number of nitrogens with zero attached hydrogens (tertiary/aromatic N) is 2. The molecular formula is C20H14N2S2Sn. The number of benzene rings is 3. The van der Waals surface area contributed by atoms with E-state index >= 15 is 0 Å². The molecule has 0 fully saturated rings. The predicted octanol–water partition coefficient (Wildman–Crippen LogP) is 4.03. The summed E-state index contributed by atoms with van der Waals surface area (Å²) in [5, 5.41) is 0.812. The summed E-state index contributed by atoms with van der Waals surface area (Å²) >= 11 is 9.81. The van der Waals surface area contributed by atoms with E-state index in [0.717, 1.165) is 11.0 Å². The molecule has 0 aliphatic carbocycles. The van der Waals surface area contributed by atoms with Crippen LogP contribution >= 0.6 is 0 Å². The van der Waals surface area contributed by atoms with E-state index < -0.39 is 0 Å². The molecular weight excluding hydrogens is 451 g/mol. The number of aromatic nitrogens is 2. The summed E-state index contributed by atoms with van der Waals surface area (Å²) in [7, 11) is 0. The largest absolute Gasteiger partial charge is 2.00 e. The van der Waals surface area contributed by atoms with Gasteiger partial charge in [0.25, 0.3) is 0 Å². The van der Waals surface area contributed by atoms with Gasteiger partial charge in [-0.05, 0) is 24.3 Å². The Bertz CT molecular complexity index is 718. The Morgan fingerprint density at radius 2 is 0.920 bits per heavy atom. The maximum atomic E-state index is 4.90. The summed E-state index contributed by atoms with van der Waals surface area (Å²) in [6.07, 6.45) is 0. The van der Waals surface area contributed by atoms with Crippen LogP contribution in [0.2, 0.25) is 0 Å². The van der Waals surface area contributed by atoms with Crippen molar-refractivity contribution in [1.29, 1.82) is 0 Å². The third kappa shape index (κ3) is 8.24. The van der Waals surface area contributed by atoms with Crippen LogP contribution in [0.25, 0.3) is 11.0 Å². The van der Waals surface area contributed by atoms with Crippen LogP contribution in [0.5, 0.6) is 0 Å². The summed E-state index contributed by atoms with van der Waals surface area (Å²) in [6.45, 7) is 0. The number of fused-ring (bicyclic) bond motifs is 1. The molecule has 0 aliphatic rings. The van der Waals surface area contributed by atoms with Gasteiger partial charge in [0.15, 0.2) is 0 Å². The van der Waals surface area contributed by atoms with Gasteiger partial charge < -0.3 is 25.3 Å². The van der Waals surface area contributed by atoms with Gasteiger partial charge in [-0.1, -0.05) is 82.8 Å². The fourth-order valence-electron chi connectivity index (χ4n) is 1.65. The monoisotopic (exact) mass is 466 g/mol. The minimum atomic E-state index is 0. The van der Waals surface area contributed by atoms with Gasteiger partial charge in [-0.15, -0.1) is 0 Å². The SMILES string of the molecule is [S-]c1nc2ccccc2nc1[S-].[Sn+2].[c]1ccccc1.[c]1ccccc1. The number of para-hydroxylation sites is 2. The van der Waals surface area contributed by atoms with Crippen LogP contribution in [0.3, 0.4) is 0 Å². The molecule has 0 amide bonds. The Labute approximate surface area is 176 Å². The van der Waals surface area contributed by atoms with Gasteiger partial charge in [0.1, 0.15) is 0 Å². The van der Waals surface area contributed by atoms with Crippen molar-refractivity contribution in [2.75, 3.05) is 0 Å². The molecule has 4 aromatic rings. The molecule has 1 heterocycles. The molecule has 4 radical (unpaired) electrons. The van der Waals surface area contributed by atoms with Gasteiger partial charge >= 0.3 is 23.9 Å². The van der Waals surface area contributed by atoms with Crippen molar-refractivity contribution >= 4 is 60.2 Å². The second-order valence-corrected chi connectivity index (χ2v) is 5.25. The summed E-state index contributed by atoms with van der Waals surface area (Å²) < 4.78 is 0. The second-order valence-electron chi connectivity index (χ2n) is 4.48. The van der Waals surface area contributed by atoms with Crippen molar-refractivity contribution in [3.63, 3.8) is 0 Å². The van der Waals surface area contributed by atoms with Gasteiger partial charge in [-0.2, -0.15) is 0 Å². The van der Waals surface area contributed by atoms with Gasteiger partial charge in [0, 0.05) is 0 Å². The fourth-order valence-corrected chi connectivity index (χ4v) is 1.94. The Morgan fingerprint density at radius 1 is 0.560 bits per heavy atom. The Kier molecular flexibility index (Phi) is 10.7. The first-order valence-corrected chi connectivity index (χ1v) is 8.02. The minimum Gasteiger partial charge on any atom is -0.760 e. The van der Waals surface area contributed by atoms with Crippen LogP contribution in [-0.2, 0) is 25.3 Å². The Morgan fingerprint density at radius 3 is 1.16 bits per heavy atom. The molecule has 0 aliphatic heterocycles. The van der Waals surface area contributed by atoms with Crippen LogP contribution in [0, 0.1) is 12.1 Å². The maximum Gasteiger partial charge on any atom is 2.00 e. The standard InChI is InChI=1S/C8H6N2S2.2C6H5.Sn/c11-7-8(12)10-6-4-2-1-3-5(6)9-7;2*1-2-4-6-5-3-1;/h1-4H,(H,9,11)(H,10,12);2*1-5H;/q;;;+2/p-2. The summed E-state index contributed by atoms with van der Waals surface area (Å²) in [5.41, 5.74) is 1.60. The van der Waals surface area contributed by atoms with Crippen molar-refractivity contribution in [2.24, 2.45) is 0 Å². The zero-order valence-electron chi connectivity index (χ0n) is 13.3. The molecule has 0 atom stereocenters. The van der Waals surface area contributed by atoms with Gasteiger partial charge in [0.05, 0.1) is 11.0 Å². The van der Waals surface area contributed by atoms with Crippen molar-refractivity contribution in [1.82, 2.24) is 9.97 Å². The molecule has 25 heavy (non-hydrogen) atoms. The van der Waals surface area contributed by atoms with Crippen LogP contribution < -0.4 is 0 Å². The summed E-state index contributed by atoms with van der Waals surface area (Å²) in [5.74, 6) is 0. The number of hydrogen-bond donors (Lipinski definition) is 0. The molecule has 0 bridgehead atoms. The quantitative estimate of drug-likeness (QED) is 0.290. The zero-order chi connectivity index (χ0) is 17.0. The molecule has 4 rings (SSSR count). The topological polar surface area (TPSA) is 25.8 Å². The van der Waals surface area contributed by atoms with E-state index in [1.165, 1.54) is 0 Å². The first-order chi connectivity index (χ1) is 11.8. The molecule has 1 aromatic heterocycles. The average molecular weight is 465 g/mol. The van der Waals surface area contributed by atoms with E-state index in [4.69, 9.17) is 25.3 Å². The molecule has 0 spiro atoms. The molecule has 0 unspecified atom stereocenters. The van der Waals surface area contributed by atoms with Crippen molar-refractivity contribution in [3.8, 4) is 0 Å². The van der Waals surface area contributed by atoms with Crippen LogP contribution in [-0.4, -0.2) is 33.9 Å². The van der Waals surface area contributed by atoms with E-state index in [1.807, 2.05) is 84.9 Å². The molecule has 5 heteroatoms. The average Bonchev–Trinajstić information content (AvgIpc) is 2.67. The first-order valence-electron chi connectivity index (χ1n) is 7.20. The second kappa shape index (κ2) is 12.6. The summed E-state index contributed by atoms with van der Waals surface area (Å²) in [4.78, 5) is 8.25. The Balaban J connectivity index is 0.000000204. The zero-order valence-corrected chi connectivity index (χ0v) is 17.8. The molecule has 0 N–H and O–H groups in total. The Hall–Kier alpha value is -1.76. The van der Waals surface area contributed by atoms with E-state index in [1.54, 1.807) is 0 Å². The molecule has 0 saturated heterocycles. The normalized spacial score (nSPS) is 8.80. The van der Waals surface area contributed by atoms with E-state index in [9.17, 15) is 0 Å². The van der Waals surface area contributed by atoms with E-state index in [0.29, 0.717) is 10.1 Å². The fraction of sp³-hybridized carbons (Fsp3) is 0. The molecule has 2 nitrogen and oxygen atoms in total. The predicted molar refractivity (Wildman–Crippen MR) is 107 cm³/mol. The molecule has 3 aromatic carbocycles. The smallest absolute Gasteiger partial charge is 0.760 e. The van der Waals surface area contributed by atoms with Crippen LogP contribution in [0.4, 0.5) is 0 Å². The van der Waals surface area contributed by atoms with Gasteiger partial charge in [-0.25, -0.2) is 0 Å². The van der Waals surface area contributed by atoms with Crippen molar-refractivity contribution in [2.45, 2.75) is 10.1 Å². The third-order valence-corrected chi connectivity index (χ3v) is 3.42. The van der Waals surface area contributed by atoms with Gasteiger partial charge in [-0.3, -0.25) is 9.97 Å². The van der Waals surface area contributed by atoms with Crippen molar-refractivity contribution in [3.05, 3.63) is 97.1 Å². The van der Waals surface area contributed by atoms with E-state index in [2.05, 4.69) is 22.1 Å². The number of hydrogen-bond acceptors (Lipinski definition) is 4. The maximum absolute atomic E-state index is 4.90. The van der Waals surface area contributed by atoms with Crippen LogP contribution in [0.1, 0.15) is 0 Å². The van der Waals surface area contributed by atoms with Crippen molar-refractivity contribution < 1.29 is 0 Å². The van der Waals surface area contributed by atoms with Crippen LogP contribution in [0.15, 0.2) is 95.0 Å². The first kappa shape index (κ1) is 21.3. The molecule has 120 valence electrons. The van der Waals surface area contributed by atoms with E-state index in [-0.39, 0.29) is 23.9 Å². The molecule has 0 saturated carbocycles. The van der Waals surface area contributed by atoms with Gasteiger partial charge in [0.2, 0.25) is 0 Å².